The summed E-state index contributed by atoms with van der Waals surface area (Å²) in [5, 5.41) is 8.91. The standard InChI is InChI=1S/C11H15N3/c1-4-9(2)14(3)11-10(8-12)6-5-7-13-11/h5-7,9H,4H2,1-3H3. The van der Waals surface area contributed by atoms with Crippen LogP contribution in [0.4, 0.5) is 5.82 Å². The summed E-state index contributed by atoms with van der Waals surface area (Å²) < 4.78 is 0. The van der Waals surface area contributed by atoms with Crippen molar-refractivity contribution < 1.29 is 0 Å². The van der Waals surface area contributed by atoms with Gasteiger partial charge in [-0.25, -0.2) is 4.98 Å². The van der Waals surface area contributed by atoms with Gasteiger partial charge in [-0.1, -0.05) is 6.92 Å². The Kier molecular flexibility index (Phi) is 3.47. The average Bonchev–Trinajstić information content (AvgIpc) is 2.26. The third kappa shape index (κ3) is 2.02. The summed E-state index contributed by atoms with van der Waals surface area (Å²) in [4.78, 5) is 6.26. The van der Waals surface area contributed by atoms with Gasteiger partial charge in [0.2, 0.25) is 0 Å². The molecular weight excluding hydrogens is 174 g/mol. The van der Waals surface area contributed by atoms with Crippen molar-refractivity contribution in [3.05, 3.63) is 23.9 Å². The van der Waals surface area contributed by atoms with Crippen LogP contribution in [0.3, 0.4) is 0 Å². The van der Waals surface area contributed by atoms with E-state index in [9.17, 15) is 0 Å². The van der Waals surface area contributed by atoms with Gasteiger partial charge in [0.05, 0.1) is 5.56 Å². The first-order chi connectivity index (χ1) is 6.70. The highest BCUT2D eigenvalue weighted by Gasteiger charge is 2.12. The van der Waals surface area contributed by atoms with Crippen LogP contribution >= 0.6 is 0 Å². The van der Waals surface area contributed by atoms with Gasteiger partial charge in [0.15, 0.2) is 0 Å². The van der Waals surface area contributed by atoms with Crippen molar-refractivity contribution in [1.82, 2.24) is 4.98 Å². The minimum absolute atomic E-state index is 0.400. The molecule has 14 heavy (non-hydrogen) atoms. The number of hydrogen-bond acceptors (Lipinski definition) is 3. The summed E-state index contributed by atoms with van der Waals surface area (Å²) >= 11 is 0. The summed E-state index contributed by atoms with van der Waals surface area (Å²) in [5.41, 5.74) is 0.635. The zero-order valence-electron chi connectivity index (χ0n) is 8.86. The van der Waals surface area contributed by atoms with Crippen molar-refractivity contribution >= 4 is 5.82 Å². The summed E-state index contributed by atoms with van der Waals surface area (Å²) in [6.45, 7) is 4.24. The van der Waals surface area contributed by atoms with Gasteiger partial charge in [0.1, 0.15) is 11.9 Å². The first-order valence-corrected chi connectivity index (χ1v) is 4.78. The molecule has 1 aromatic rings. The Balaban J connectivity index is 3.01. The normalized spacial score (nSPS) is 11.9. The zero-order chi connectivity index (χ0) is 10.6. The van der Waals surface area contributed by atoms with Gasteiger partial charge in [-0.2, -0.15) is 5.26 Å². The molecule has 0 saturated carbocycles. The van der Waals surface area contributed by atoms with E-state index in [1.54, 1.807) is 18.3 Å². The second-order valence-electron chi connectivity index (χ2n) is 3.35. The summed E-state index contributed by atoms with van der Waals surface area (Å²) in [6.07, 6.45) is 2.76. The Hall–Kier alpha value is -1.56. The fraction of sp³-hybridized carbons (Fsp3) is 0.455. The first kappa shape index (κ1) is 10.5. The fourth-order valence-electron chi connectivity index (χ4n) is 1.25. The largest absolute Gasteiger partial charge is 0.356 e. The van der Waals surface area contributed by atoms with E-state index in [0.717, 1.165) is 12.2 Å². The van der Waals surface area contributed by atoms with Crippen LogP contribution in [-0.2, 0) is 0 Å². The number of pyridine rings is 1. The van der Waals surface area contributed by atoms with Gasteiger partial charge in [-0.15, -0.1) is 0 Å². The van der Waals surface area contributed by atoms with E-state index in [-0.39, 0.29) is 0 Å². The van der Waals surface area contributed by atoms with Gasteiger partial charge in [-0.05, 0) is 25.5 Å². The molecule has 0 bridgehead atoms. The maximum Gasteiger partial charge on any atom is 0.146 e. The molecule has 0 amide bonds. The molecule has 3 nitrogen and oxygen atoms in total. The third-order valence-electron chi connectivity index (χ3n) is 2.49. The summed E-state index contributed by atoms with van der Waals surface area (Å²) in [5.74, 6) is 0.768. The minimum Gasteiger partial charge on any atom is -0.356 e. The average molecular weight is 189 g/mol. The molecule has 0 aromatic carbocycles. The number of rotatable bonds is 3. The molecule has 0 aliphatic heterocycles. The summed E-state index contributed by atoms with van der Waals surface area (Å²) in [6, 6.07) is 6.13. The van der Waals surface area contributed by atoms with Crippen molar-refractivity contribution in [1.29, 1.82) is 5.26 Å². The predicted molar refractivity (Wildman–Crippen MR) is 57.1 cm³/mol. The van der Waals surface area contributed by atoms with Crippen molar-refractivity contribution in [3.8, 4) is 6.07 Å². The molecule has 1 rings (SSSR count). The number of aromatic nitrogens is 1. The van der Waals surface area contributed by atoms with Crippen LogP contribution in [0.5, 0.6) is 0 Å². The molecule has 1 aromatic heterocycles. The second-order valence-corrected chi connectivity index (χ2v) is 3.35. The van der Waals surface area contributed by atoms with Gasteiger partial charge in [0, 0.05) is 19.3 Å². The highest BCUT2D eigenvalue weighted by Crippen LogP contribution is 2.17. The zero-order valence-corrected chi connectivity index (χ0v) is 8.86. The lowest BCUT2D eigenvalue weighted by Crippen LogP contribution is -2.29. The SMILES string of the molecule is CCC(C)N(C)c1ncccc1C#N. The van der Waals surface area contributed by atoms with E-state index in [4.69, 9.17) is 5.26 Å². The van der Waals surface area contributed by atoms with Crippen LogP contribution < -0.4 is 4.90 Å². The number of nitrogens with zero attached hydrogens (tertiary/aromatic N) is 3. The highest BCUT2D eigenvalue weighted by molar-refractivity contribution is 5.53. The van der Waals surface area contributed by atoms with Gasteiger partial charge < -0.3 is 4.90 Å². The quantitative estimate of drug-likeness (QED) is 0.731. The number of anilines is 1. The number of hydrogen-bond donors (Lipinski definition) is 0. The molecule has 0 radical (unpaired) electrons. The predicted octanol–water partition coefficient (Wildman–Crippen LogP) is 2.19. The Labute approximate surface area is 85.0 Å². The van der Waals surface area contributed by atoms with Gasteiger partial charge in [0.25, 0.3) is 0 Å². The smallest absolute Gasteiger partial charge is 0.146 e. The molecular formula is C11H15N3. The molecule has 0 N–H and O–H groups in total. The third-order valence-corrected chi connectivity index (χ3v) is 2.49. The first-order valence-electron chi connectivity index (χ1n) is 4.78. The van der Waals surface area contributed by atoms with Crippen molar-refractivity contribution in [2.24, 2.45) is 0 Å². The molecule has 1 unspecified atom stereocenters. The van der Waals surface area contributed by atoms with E-state index < -0.39 is 0 Å². The lowest BCUT2D eigenvalue weighted by molar-refractivity contribution is 0.656. The maximum absolute atomic E-state index is 8.91. The molecule has 1 atom stereocenters. The molecule has 0 saturated heterocycles. The van der Waals surface area contributed by atoms with Gasteiger partial charge in [-0.3, -0.25) is 0 Å². The van der Waals surface area contributed by atoms with Crippen LogP contribution in [0.25, 0.3) is 0 Å². The van der Waals surface area contributed by atoms with Crippen molar-refractivity contribution in [2.45, 2.75) is 26.3 Å². The molecule has 0 aliphatic rings. The van der Waals surface area contributed by atoms with Crippen molar-refractivity contribution in [2.75, 3.05) is 11.9 Å². The monoisotopic (exact) mass is 189 g/mol. The van der Waals surface area contributed by atoms with Gasteiger partial charge >= 0.3 is 0 Å². The van der Waals surface area contributed by atoms with Crippen LogP contribution in [0, 0.1) is 11.3 Å². The van der Waals surface area contributed by atoms with Crippen molar-refractivity contribution in [3.63, 3.8) is 0 Å². The lowest BCUT2D eigenvalue weighted by Gasteiger charge is -2.25. The van der Waals surface area contributed by atoms with E-state index in [1.807, 2.05) is 11.9 Å². The molecule has 1 heterocycles. The van der Waals surface area contributed by atoms with Crippen LogP contribution in [0.15, 0.2) is 18.3 Å². The Morgan fingerprint density at radius 3 is 2.93 bits per heavy atom. The van der Waals surface area contributed by atoms with Crippen LogP contribution in [-0.4, -0.2) is 18.1 Å². The molecule has 3 heteroatoms. The Bertz CT molecular complexity index is 341. The lowest BCUT2D eigenvalue weighted by atomic mass is 10.2. The minimum atomic E-state index is 0.400. The molecule has 0 aliphatic carbocycles. The fourth-order valence-corrected chi connectivity index (χ4v) is 1.25. The summed E-state index contributed by atoms with van der Waals surface area (Å²) in [7, 11) is 1.97. The van der Waals surface area contributed by atoms with Crippen LogP contribution in [0.2, 0.25) is 0 Å². The topological polar surface area (TPSA) is 39.9 Å². The molecule has 74 valence electrons. The van der Waals surface area contributed by atoms with E-state index in [2.05, 4.69) is 24.9 Å². The maximum atomic E-state index is 8.91. The van der Waals surface area contributed by atoms with Crippen LogP contribution in [0.1, 0.15) is 25.8 Å². The highest BCUT2D eigenvalue weighted by atomic mass is 15.2. The molecule has 0 spiro atoms. The van der Waals surface area contributed by atoms with E-state index >= 15 is 0 Å². The van der Waals surface area contributed by atoms with E-state index in [0.29, 0.717) is 11.6 Å². The number of nitriles is 1. The molecule has 0 fully saturated rings. The van der Waals surface area contributed by atoms with E-state index in [1.165, 1.54) is 0 Å². The Morgan fingerprint density at radius 2 is 2.36 bits per heavy atom. The Morgan fingerprint density at radius 1 is 1.64 bits per heavy atom. The second kappa shape index (κ2) is 4.61.